The molecule has 0 spiro atoms. The Labute approximate surface area is 161 Å². The zero-order valence-corrected chi connectivity index (χ0v) is 17.2. The van der Waals surface area contributed by atoms with Gasteiger partial charge in [-0.05, 0) is 61.1 Å². The van der Waals surface area contributed by atoms with Crippen LogP contribution in [0.1, 0.15) is 23.6 Å². The molecule has 0 N–H and O–H groups in total. The van der Waals surface area contributed by atoms with Gasteiger partial charge in [-0.1, -0.05) is 25.1 Å². The van der Waals surface area contributed by atoms with Crippen LogP contribution in [0.15, 0.2) is 41.3 Å². The van der Waals surface area contributed by atoms with Crippen molar-refractivity contribution in [1.29, 1.82) is 0 Å². The zero-order chi connectivity index (χ0) is 16.8. The summed E-state index contributed by atoms with van der Waals surface area (Å²) in [6, 6.07) is 12.3. The maximum absolute atomic E-state index is 6.05. The number of thioether (sulfide) groups is 1. The van der Waals surface area contributed by atoms with Gasteiger partial charge in [0, 0.05) is 33.0 Å². The summed E-state index contributed by atoms with van der Waals surface area (Å²) in [5, 5.41) is 0. The summed E-state index contributed by atoms with van der Waals surface area (Å²) < 4.78 is 12.2. The Bertz CT molecular complexity index is 701. The van der Waals surface area contributed by atoms with Gasteiger partial charge >= 0.3 is 0 Å². The maximum atomic E-state index is 6.05. The predicted molar refractivity (Wildman–Crippen MR) is 110 cm³/mol. The molecule has 0 radical (unpaired) electrons. The molecule has 0 atom stereocenters. The monoisotopic (exact) mass is 458 g/mol. The average molecular weight is 458 g/mol. The molecular weight excluding hydrogens is 439 g/mol. The summed E-state index contributed by atoms with van der Waals surface area (Å²) in [5.41, 5.74) is 3.49. The Hall–Kier alpha value is -0.790. The van der Waals surface area contributed by atoms with E-state index in [0.29, 0.717) is 9.66 Å². The van der Waals surface area contributed by atoms with Gasteiger partial charge in [0.1, 0.15) is 18.1 Å². The maximum Gasteiger partial charge on any atom is 0.228 e. The lowest BCUT2D eigenvalue weighted by atomic mass is 10.1. The normalized spacial score (nSPS) is 10.4. The van der Waals surface area contributed by atoms with E-state index in [-0.39, 0.29) is 0 Å². The molecule has 0 aliphatic rings. The van der Waals surface area contributed by atoms with Crippen LogP contribution in [-0.4, -0.2) is 9.31 Å². The molecule has 122 valence electrons. The summed E-state index contributed by atoms with van der Waals surface area (Å²) in [6.07, 6.45) is 3.08. The number of aryl methyl sites for hydroxylation is 2. The van der Waals surface area contributed by atoms with Gasteiger partial charge < -0.3 is 9.47 Å². The Kier molecular flexibility index (Phi) is 7.17. The van der Waals surface area contributed by atoms with Crippen LogP contribution in [0, 0.1) is 6.92 Å². The second-order valence-corrected chi connectivity index (χ2v) is 7.95. The van der Waals surface area contributed by atoms with Crippen LogP contribution in [0.2, 0.25) is 0 Å². The molecule has 0 unspecified atom stereocenters. The van der Waals surface area contributed by atoms with Crippen molar-refractivity contribution in [3.63, 3.8) is 0 Å². The van der Waals surface area contributed by atoms with Crippen molar-refractivity contribution in [2.45, 2.75) is 31.8 Å². The number of thiocarbonyl (C=S) groups is 1. The molecule has 0 amide bonds. The minimum absolute atomic E-state index is 0.456. The van der Waals surface area contributed by atoms with Gasteiger partial charge in [0.15, 0.2) is 0 Å². The van der Waals surface area contributed by atoms with Crippen molar-refractivity contribution in [3.8, 4) is 11.5 Å². The van der Waals surface area contributed by atoms with E-state index in [1.165, 1.54) is 5.56 Å². The number of benzene rings is 2. The Balaban J connectivity index is 2.24. The van der Waals surface area contributed by atoms with Crippen LogP contribution in [0.5, 0.6) is 11.5 Å². The highest BCUT2D eigenvalue weighted by molar-refractivity contribution is 14.1. The number of ether oxygens (including phenoxy) is 2. The molecule has 5 heteroatoms. The van der Waals surface area contributed by atoms with Crippen LogP contribution in [0.25, 0.3) is 0 Å². The van der Waals surface area contributed by atoms with Gasteiger partial charge in [-0.15, -0.1) is 11.8 Å². The lowest BCUT2D eigenvalue weighted by Gasteiger charge is -2.15. The number of hydrogen-bond acceptors (Lipinski definition) is 4. The highest BCUT2D eigenvalue weighted by atomic mass is 127. The van der Waals surface area contributed by atoms with Crippen LogP contribution < -0.4 is 9.47 Å². The molecule has 0 saturated heterocycles. The molecule has 0 aromatic heterocycles. The van der Waals surface area contributed by atoms with Gasteiger partial charge in [0.05, 0.1) is 0 Å². The minimum Gasteiger partial charge on any atom is -0.488 e. The third-order valence-corrected chi connectivity index (χ3v) is 4.65. The first-order chi connectivity index (χ1) is 11.0. The van der Waals surface area contributed by atoms with Gasteiger partial charge in [0.2, 0.25) is 3.06 Å². The summed E-state index contributed by atoms with van der Waals surface area (Å²) >= 11 is 8.74. The van der Waals surface area contributed by atoms with Crippen molar-refractivity contribution in [2.24, 2.45) is 0 Å². The molecule has 2 aromatic rings. The highest BCUT2D eigenvalue weighted by Crippen LogP contribution is 2.31. The van der Waals surface area contributed by atoms with Crippen molar-refractivity contribution in [3.05, 3.63) is 53.1 Å². The van der Waals surface area contributed by atoms with E-state index >= 15 is 0 Å². The molecule has 0 aliphatic heterocycles. The molecular formula is C18H19IO2S2. The first-order valence-electron chi connectivity index (χ1n) is 7.30. The third kappa shape index (κ3) is 5.09. The van der Waals surface area contributed by atoms with Crippen molar-refractivity contribution in [1.82, 2.24) is 0 Å². The summed E-state index contributed by atoms with van der Waals surface area (Å²) in [7, 11) is 0. The molecule has 0 aliphatic carbocycles. The molecule has 2 nitrogen and oxygen atoms in total. The minimum atomic E-state index is 0.456. The van der Waals surface area contributed by atoms with Crippen LogP contribution >= 0.6 is 46.6 Å². The fraction of sp³-hybridized carbons (Fsp3) is 0.278. The summed E-state index contributed by atoms with van der Waals surface area (Å²) in [4.78, 5) is 1.14. The van der Waals surface area contributed by atoms with Crippen molar-refractivity contribution < 1.29 is 9.47 Å². The largest absolute Gasteiger partial charge is 0.488 e. The Morgan fingerprint density at radius 1 is 1.22 bits per heavy atom. The topological polar surface area (TPSA) is 18.5 Å². The second-order valence-electron chi connectivity index (χ2n) is 5.02. The van der Waals surface area contributed by atoms with E-state index in [1.54, 1.807) is 11.8 Å². The van der Waals surface area contributed by atoms with E-state index in [4.69, 9.17) is 21.7 Å². The zero-order valence-electron chi connectivity index (χ0n) is 13.4. The van der Waals surface area contributed by atoms with E-state index in [1.807, 2.05) is 47.0 Å². The van der Waals surface area contributed by atoms with E-state index < -0.39 is 0 Å². The quantitative estimate of drug-likeness (QED) is 0.230. The second kappa shape index (κ2) is 8.89. The van der Waals surface area contributed by atoms with E-state index in [9.17, 15) is 0 Å². The summed E-state index contributed by atoms with van der Waals surface area (Å²) in [5.74, 6) is 1.67. The lowest BCUT2D eigenvalue weighted by molar-refractivity contribution is 0.297. The fourth-order valence-corrected chi connectivity index (χ4v) is 3.25. The third-order valence-electron chi connectivity index (χ3n) is 3.52. The molecule has 0 fully saturated rings. The van der Waals surface area contributed by atoms with Crippen molar-refractivity contribution in [2.75, 3.05) is 6.26 Å². The first kappa shape index (κ1) is 18.5. The standard InChI is InChI=1S/C18H19IO2S2/c1-4-13-8-9-15(12(2)10-13)20-11-14-16(21-18(19)22)6-5-7-17(14)23-3/h5-10H,4,11H2,1-3H3. The Morgan fingerprint density at radius 3 is 2.61 bits per heavy atom. The number of hydrogen-bond donors (Lipinski definition) is 0. The molecule has 2 aromatic carbocycles. The lowest BCUT2D eigenvalue weighted by Crippen LogP contribution is -2.04. The molecule has 0 heterocycles. The number of rotatable bonds is 6. The van der Waals surface area contributed by atoms with Crippen LogP contribution in [0.4, 0.5) is 0 Å². The molecule has 0 saturated carbocycles. The molecule has 2 rings (SSSR count). The van der Waals surface area contributed by atoms with E-state index in [2.05, 4.69) is 32.0 Å². The SMILES string of the molecule is CCc1ccc(OCc2c(OC(=S)I)cccc2SC)c(C)c1. The Morgan fingerprint density at radius 2 is 2.00 bits per heavy atom. The average Bonchev–Trinajstić information content (AvgIpc) is 2.53. The van der Waals surface area contributed by atoms with E-state index in [0.717, 1.165) is 33.9 Å². The highest BCUT2D eigenvalue weighted by Gasteiger charge is 2.12. The van der Waals surface area contributed by atoms with Gasteiger partial charge in [0.25, 0.3) is 0 Å². The molecule has 0 bridgehead atoms. The van der Waals surface area contributed by atoms with Gasteiger partial charge in [-0.3, -0.25) is 0 Å². The number of halogens is 1. The van der Waals surface area contributed by atoms with Crippen LogP contribution in [0.3, 0.4) is 0 Å². The fourth-order valence-electron chi connectivity index (χ4n) is 2.30. The summed E-state index contributed by atoms with van der Waals surface area (Å²) in [6.45, 7) is 4.69. The smallest absolute Gasteiger partial charge is 0.228 e. The van der Waals surface area contributed by atoms with Gasteiger partial charge in [-0.2, -0.15) is 0 Å². The first-order valence-corrected chi connectivity index (χ1v) is 10.0. The molecule has 23 heavy (non-hydrogen) atoms. The van der Waals surface area contributed by atoms with Crippen molar-refractivity contribution >= 4 is 49.6 Å². The van der Waals surface area contributed by atoms with Crippen LogP contribution in [-0.2, 0) is 13.0 Å². The van der Waals surface area contributed by atoms with Gasteiger partial charge in [-0.25, -0.2) is 0 Å². The predicted octanol–water partition coefficient (Wildman–Crippen LogP) is 5.96.